The van der Waals surface area contributed by atoms with E-state index < -0.39 is 5.97 Å². The quantitative estimate of drug-likeness (QED) is 0.836. The van der Waals surface area contributed by atoms with Gasteiger partial charge in [0, 0.05) is 26.9 Å². The summed E-state index contributed by atoms with van der Waals surface area (Å²) in [7, 11) is 1.61. The average molecular weight is 240 g/mol. The summed E-state index contributed by atoms with van der Waals surface area (Å²) in [5.41, 5.74) is 0.553. The van der Waals surface area contributed by atoms with Gasteiger partial charge in [-0.25, -0.2) is 4.98 Å². The third-order valence-electron chi connectivity index (χ3n) is 2.33. The predicted octanol–water partition coefficient (Wildman–Crippen LogP) is 1.23. The Hall–Kier alpha value is -1.85. The van der Waals surface area contributed by atoms with Gasteiger partial charge in [-0.1, -0.05) is 0 Å². The van der Waals surface area contributed by atoms with Gasteiger partial charge in [0.1, 0.15) is 0 Å². The number of aliphatic carboxylic acids is 1. The van der Waals surface area contributed by atoms with E-state index in [-0.39, 0.29) is 18.1 Å². The summed E-state index contributed by atoms with van der Waals surface area (Å²) in [6, 6.07) is 0. The van der Waals surface area contributed by atoms with Gasteiger partial charge in [-0.2, -0.15) is 0 Å². The van der Waals surface area contributed by atoms with Crippen LogP contribution in [0.4, 0.5) is 0 Å². The average Bonchev–Trinajstić information content (AvgIpc) is 2.56. The van der Waals surface area contributed by atoms with E-state index in [0.29, 0.717) is 24.6 Å². The number of carboxylic acid groups (broad SMARTS) is 1. The van der Waals surface area contributed by atoms with Crippen molar-refractivity contribution >= 4 is 11.9 Å². The summed E-state index contributed by atoms with van der Waals surface area (Å²) >= 11 is 0. The van der Waals surface area contributed by atoms with Gasteiger partial charge in [-0.15, -0.1) is 0 Å². The normalized spacial score (nSPS) is 10.3. The van der Waals surface area contributed by atoms with Crippen LogP contribution in [0.15, 0.2) is 4.42 Å². The van der Waals surface area contributed by atoms with Gasteiger partial charge in [-0.3, -0.25) is 9.59 Å². The molecule has 0 radical (unpaired) electrons. The lowest BCUT2D eigenvalue weighted by molar-refractivity contribution is -0.137. The predicted molar refractivity (Wildman–Crippen MR) is 59.8 cm³/mol. The molecule has 1 heterocycles. The minimum atomic E-state index is -0.863. The lowest BCUT2D eigenvalue weighted by Gasteiger charge is -2.14. The molecule has 17 heavy (non-hydrogen) atoms. The van der Waals surface area contributed by atoms with E-state index in [4.69, 9.17) is 9.52 Å². The van der Waals surface area contributed by atoms with Gasteiger partial charge in [0.25, 0.3) is 5.91 Å². The number of hydrogen-bond acceptors (Lipinski definition) is 4. The molecule has 6 nitrogen and oxygen atoms in total. The minimum Gasteiger partial charge on any atom is -0.481 e. The van der Waals surface area contributed by atoms with Crippen molar-refractivity contribution in [3.05, 3.63) is 17.3 Å². The second-order valence-electron chi connectivity index (χ2n) is 3.87. The Bertz CT molecular complexity index is 425. The molecule has 0 aliphatic rings. The van der Waals surface area contributed by atoms with Gasteiger partial charge in [-0.05, 0) is 13.3 Å². The largest absolute Gasteiger partial charge is 0.481 e. The smallest absolute Gasteiger partial charge is 0.303 e. The summed E-state index contributed by atoms with van der Waals surface area (Å²) in [6.45, 7) is 3.76. The molecule has 0 aliphatic carbocycles. The Labute approximate surface area is 99.2 Å². The van der Waals surface area contributed by atoms with Crippen LogP contribution in [0.5, 0.6) is 0 Å². The molecule has 0 saturated carbocycles. The number of aryl methyl sites for hydroxylation is 2. The monoisotopic (exact) mass is 240 g/mol. The van der Waals surface area contributed by atoms with Crippen molar-refractivity contribution in [2.24, 2.45) is 0 Å². The Morgan fingerprint density at radius 2 is 2.06 bits per heavy atom. The first-order valence-electron chi connectivity index (χ1n) is 5.33. The Balaban J connectivity index is 2.57. The van der Waals surface area contributed by atoms with Crippen molar-refractivity contribution in [2.45, 2.75) is 26.7 Å². The number of amides is 1. The molecule has 6 heteroatoms. The van der Waals surface area contributed by atoms with Crippen LogP contribution < -0.4 is 0 Å². The second kappa shape index (κ2) is 5.47. The van der Waals surface area contributed by atoms with Crippen molar-refractivity contribution in [1.82, 2.24) is 9.88 Å². The first-order chi connectivity index (χ1) is 7.91. The third kappa shape index (κ3) is 3.58. The maximum absolute atomic E-state index is 11.9. The zero-order chi connectivity index (χ0) is 13.0. The van der Waals surface area contributed by atoms with E-state index >= 15 is 0 Å². The van der Waals surface area contributed by atoms with Crippen molar-refractivity contribution in [3.63, 3.8) is 0 Å². The van der Waals surface area contributed by atoms with E-state index in [0.717, 1.165) is 0 Å². The highest BCUT2D eigenvalue weighted by Gasteiger charge is 2.19. The lowest BCUT2D eigenvalue weighted by atomic mass is 10.2. The van der Waals surface area contributed by atoms with Crippen molar-refractivity contribution in [1.29, 1.82) is 0 Å². The van der Waals surface area contributed by atoms with Gasteiger partial charge in [0.05, 0.1) is 5.69 Å². The number of carbonyl (C=O) groups is 2. The van der Waals surface area contributed by atoms with Crippen molar-refractivity contribution < 1.29 is 19.1 Å². The second-order valence-corrected chi connectivity index (χ2v) is 3.87. The highest BCUT2D eigenvalue weighted by atomic mass is 16.4. The van der Waals surface area contributed by atoms with Crippen LogP contribution in [0, 0.1) is 13.8 Å². The van der Waals surface area contributed by atoms with E-state index in [2.05, 4.69) is 4.98 Å². The number of oxazole rings is 1. The Morgan fingerprint density at radius 1 is 1.41 bits per heavy atom. The maximum Gasteiger partial charge on any atom is 0.303 e. The number of carbonyl (C=O) groups excluding carboxylic acids is 1. The molecule has 0 aliphatic heterocycles. The Morgan fingerprint density at radius 3 is 2.53 bits per heavy atom. The molecule has 94 valence electrons. The van der Waals surface area contributed by atoms with Gasteiger partial charge < -0.3 is 14.4 Å². The fourth-order valence-electron chi connectivity index (χ4n) is 1.47. The zero-order valence-corrected chi connectivity index (χ0v) is 10.2. The van der Waals surface area contributed by atoms with E-state index in [9.17, 15) is 9.59 Å². The molecule has 1 aromatic rings. The molecule has 1 N–H and O–H groups in total. The van der Waals surface area contributed by atoms with E-state index in [1.165, 1.54) is 4.90 Å². The summed E-state index contributed by atoms with van der Waals surface area (Å²) in [5, 5.41) is 8.50. The summed E-state index contributed by atoms with van der Waals surface area (Å²) in [5.74, 6) is -0.462. The van der Waals surface area contributed by atoms with Crippen LogP contribution in [-0.2, 0) is 4.79 Å². The third-order valence-corrected chi connectivity index (χ3v) is 2.33. The van der Waals surface area contributed by atoms with Crippen molar-refractivity contribution in [2.75, 3.05) is 13.6 Å². The first kappa shape index (κ1) is 13.2. The molecule has 1 aromatic heterocycles. The first-order valence-corrected chi connectivity index (χ1v) is 5.33. The number of hydrogen-bond donors (Lipinski definition) is 1. The summed E-state index contributed by atoms with van der Waals surface area (Å²) < 4.78 is 5.21. The number of rotatable bonds is 5. The number of aromatic nitrogens is 1. The summed E-state index contributed by atoms with van der Waals surface area (Å²) in [4.78, 5) is 27.7. The van der Waals surface area contributed by atoms with Crippen LogP contribution in [-0.4, -0.2) is 40.5 Å². The molecule has 0 saturated heterocycles. The standard InChI is InChI=1S/C11H16N2O4/c1-7-10(17-8(2)12-7)11(16)13(3)6-4-5-9(14)15/h4-6H2,1-3H3,(H,14,15). The molecule has 0 atom stereocenters. The van der Waals surface area contributed by atoms with E-state index in [1.807, 2.05) is 0 Å². The van der Waals surface area contributed by atoms with Crippen LogP contribution in [0.25, 0.3) is 0 Å². The van der Waals surface area contributed by atoms with Crippen LogP contribution >= 0.6 is 0 Å². The molecular formula is C11H16N2O4. The molecule has 0 unspecified atom stereocenters. The fraction of sp³-hybridized carbons (Fsp3) is 0.545. The maximum atomic E-state index is 11.9. The van der Waals surface area contributed by atoms with E-state index in [1.54, 1.807) is 20.9 Å². The molecule has 1 amide bonds. The van der Waals surface area contributed by atoms with Crippen LogP contribution in [0.2, 0.25) is 0 Å². The fourth-order valence-corrected chi connectivity index (χ4v) is 1.47. The van der Waals surface area contributed by atoms with Gasteiger partial charge >= 0.3 is 5.97 Å². The molecular weight excluding hydrogens is 224 g/mol. The molecule has 0 aromatic carbocycles. The highest BCUT2D eigenvalue weighted by Crippen LogP contribution is 2.12. The van der Waals surface area contributed by atoms with Gasteiger partial charge in [0.2, 0.25) is 5.76 Å². The topological polar surface area (TPSA) is 83.6 Å². The molecule has 1 rings (SSSR count). The number of carboxylic acids is 1. The Kier molecular flexibility index (Phi) is 4.25. The molecule has 0 bridgehead atoms. The zero-order valence-electron chi connectivity index (χ0n) is 10.2. The minimum absolute atomic E-state index is 0.0477. The molecule has 0 fully saturated rings. The van der Waals surface area contributed by atoms with Gasteiger partial charge in [0.15, 0.2) is 5.89 Å². The van der Waals surface area contributed by atoms with Crippen molar-refractivity contribution in [3.8, 4) is 0 Å². The SMILES string of the molecule is Cc1nc(C)c(C(=O)N(C)CCCC(=O)O)o1. The molecule has 0 spiro atoms. The highest BCUT2D eigenvalue weighted by molar-refractivity contribution is 5.92. The lowest BCUT2D eigenvalue weighted by Crippen LogP contribution is -2.28. The number of nitrogens with zero attached hydrogens (tertiary/aromatic N) is 2. The summed E-state index contributed by atoms with van der Waals surface area (Å²) in [6.07, 6.45) is 0.468. The van der Waals surface area contributed by atoms with Crippen LogP contribution in [0.3, 0.4) is 0 Å². The van der Waals surface area contributed by atoms with Crippen LogP contribution in [0.1, 0.15) is 35.0 Å².